The van der Waals surface area contributed by atoms with Crippen LogP contribution in [0.1, 0.15) is 32.8 Å². The fourth-order valence-corrected chi connectivity index (χ4v) is 3.49. The highest BCUT2D eigenvalue weighted by Gasteiger charge is 2.55. The number of aliphatic imine (C=N–C) groups is 1. The van der Waals surface area contributed by atoms with Crippen molar-refractivity contribution < 1.29 is 9.13 Å². The largest absolute Gasteiger partial charge is 0.387 e. The molecule has 3 atom stereocenters. The maximum absolute atomic E-state index is 14.3. The van der Waals surface area contributed by atoms with Gasteiger partial charge in [-0.2, -0.15) is 0 Å². The Morgan fingerprint density at radius 1 is 1.35 bits per heavy atom. The van der Waals surface area contributed by atoms with Gasteiger partial charge in [0.25, 0.3) is 0 Å². The molecular weight excluding hydrogens is 255 g/mol. The van der Waals surface area contributed by atoms with E-state index in [9.17, 15) is 4.39 Å². The molecule has 2 aliphatic rings. The van der Waals surface area contributed by atoms with Crippen LogP contribution in [0.25, 0.3) is 0 Å². The monoisotopic (exact) mass is 276 g/mol. The minimum Gasteiger partial charge on any atom is -0.387 e. The highest BCUT2D eigenvalue weighted by atomic mass is 19.1. The molecule has 1 saturated heterocycles. The second-order valence-electron chi connectivity index (χ2n) is 6.61. The maximum atomic E-state index is 14.3. The first-order valence-electron chi connectivity index (χ1n) is 7.09. The smallest absolute Gasteiger partial charge is 0.128 e. The van der Waals surface area contributed by atoms with Crippen molar-refractivity contribution >= 4 is 5.84 Å². The first kappa shape index (κ1) is 13.6. The molecule has 0 bridgehead atoms. The van der Waals surface area contributed by atoms with E-state index in [2.05, 4.69) is 13.8 Å². The summed E-state index contributed by atoms with van der Waals surface area (Å²) in [5, 5.41) is 0. The Labute approximate surface area is 119 Å². The predicted octanol–water partition coefficient (Wildman–Crippen LogP) is 2.84. The number of fused-ring (bicyclic) bond motifs is 1. The standard InChI is InChI=1S/C16H21FN2O/c1-10-12-8-15(2,3)14(18)19-16(12,9-20-10)11-6-4-5-7-13(11)17/h4-7,10,12H,8-9H2,1-3H3,(H2,18,19)/t10?,12-,16?/m1/s1. The lowest BCUT2D eigenvalue weighted by molar-refractivity contribution is 0.0979. The summed E-state index contributed by atoms with van der Waals surface area (Å²) in [6, 6.07) is 6.83. The summed E-state index contributed by atoms with van der Waals surface area (Å²) in [6.07, 6.45) is 0.920. The average Bonchev–Trinajstić information content (AvgIpc) is 2.69. The van der Waals surface area contributed by atoms with Crippen molar-refractivity contribution in [2.24, 2.45) is 22.1 Å². The lowest BCUT2D eigenvalue weighted by Crippen LogP contribution is -2.48. The second kappa shape index (κ2) is 4.29. The van der Waals surface area contributed by atoms with Gasteiger partial charge in [0.1, 0.15) is 17.2 Å². The summed E-state index contributed by atoms with van der Waals surface area (Å²) in [6.45, 7) is 6.61. The molecule has 1 fully saturated rings. The van der Waals surface area contributed by atoms with Crippen LogP contribution in [-0.2, 0) is 10.3 Å². The lowest BCUT2D eigenvalue weighted by atomic mass is 9.67. The van der Waals surface area contributed by atoms with Crippen LogP contribution in [0.5, 0.6) is 0 Å². The van der Waals surface area contributed by atoms with Crippen molar-refractivity contribution in [1.29, 1.82) is 0 Å². The molecule has 0 amide bonds. The predicted molar refractivity (Wildman–Crippen MR) is 77.0 cm³/mol. The van der Waals surface area contributed by atoms with E-state index in [1.807, 2.05) is 13.0 Å². The van der Waals surface area contributed by atoms with Crippen molar-refractivity contribution in [1.82, 2.24) is 0 Å². The molecule has 1 aromatic carbocycles. The van der Waals surface area contributed by atoms with Crippen LogP contribution in [0.4, 0.5) is 4.39 Å². The Balaban J connectivity index is 2.19. The molecule has 20 heavy (non-hydrogen) atoms. The summed E-state index contributed by atoms with van der Waals surface area (Å²) >= 11 is 0. The van der Waals surface area contributed by atoms with Gasteiger partial charge < -0.3 is 10.5 Å². The average molecular weight is 276 g/mol. The van der Waals surface area contributed by atoms with Crippen LogP contribution >= 0.6 is 0 Å². The number of hydrogen-bond donors (Lipinski definition) is 1. The van der Waals surface area contributed by atoms with Crippen molar-refractivity contribution in [2.45, 2.75) is 38.8 Å². The second-order valence-corrected chi connectivity index (χ2v) is 6.61. The molecule has 0 spiro atoms. The van der Waals surface area contributed by atoms with Crippen LogP contribution in [0.2, 0.25) is 0 Å². The Bertz CT molecular complexity index is 569. The van der Waals surface area contributed by atoms with Crippen LogP contribution in [-0.4, -0.2) is 18.5 Å². The summed E-state index contributed by atoms with van der Waals surface area (Å²) in [5.74, 6) is 0.517. The Kier molecular flexibility index (Phi) is 2.91. The number of hydrogen-bond acceptors (Lipinski definition) is 3. The number of halogens is 1. The Morgan fingerprint density at radius 3 is 2.75 bits per heavy atom. The van der Waals surface area contributed by atoms with E-state index >= 15 is 0 Å². The molecule has 2 unspecified atom stereocenters. The summed E-state index contributed by atoms with van der Waals surface area (Å²) < 4.78 is 20.1. The zero-order valence-electron chi connectivity index (χ0n) is 12.2. The molecule has 2 aliphatic heterocycles. The van der Waals surface area contributed by atoms with Gasteiger partial charge in [-0.15, -0.1) is 0 Å². The highest BCUT2D eigenvalue weighted by molar-refractivity contribution is 5.87. The molecule has 108 valence electrons. The molecule has 2 heterocycles. The summed E-state index contributed by atoms with van der Waals surface area (Å²) in [7, 11) is 0. The van der Waals surface area contributed by atoms with E-state index in [0.717, 1.165) is 6.42 Å². The third kappa shape index (κ3) is 1.78. The van der Waals surface area contributed by atoms with Gasteiger partial charge in [-0.3, -0.25) is 4.99 Å². The molecule has 3 nitrogen and oxygen atoms in total. The molecule has 0 saturated carbocycles. The normalized spacial score (nSPS) is 35.5. The third-order valence-electron chi connectivity index (χ3n) is 4.83. The number of nitrogens with zero attached hydrogens (tertiary/aromatic N) is 1. The fourth-order valence-electron chi connectivity index (χ4n) is 3.49. The molecule has 3 rings (SSSR count). The van der Waals surface area contributed by atoms with Gasteiger partial charge in [0, 0.05) is 16.9 Å². The van der Waals surface area contributed by atoms with E-state index in [4.69, 9.17) is 15.5 Å². The van der Waals surface area contributed by atoms with Crippen molar-refractivity contribution in [3.8, 4) is 0 Å². The zero-order chi connectivity index (χ0) is 14.5. The van der Waals surface area contributed by atoms with E-state index in [0.29, 0.717) is 18.0 Å². The Hall–Kier alpha value is -1.42. The number of benzene rings is 1. The number of amidine groups is 1. The number of ether oxygens (including phenoxy) is 1. The van der Waals surface area contributed by atoms with Gasteiger partial charge >= 0.3 is 0 Å². The molecule has 0 radical (unpaired) electrons. The topological polar surface area (TPSA) is 47.6 Å². The SMILES string of the molecule is CC1OCC2(c3ccccc3F)N=C(N)C(C)(C)C[C@H]12. The molecule has 4 heteroatoms. The van der Waals surface area contributed by atoms with Gasteiger partial charge in [-0.25, -0.2) is 4.39 Å². The fraction of sp³-hybridized carbons (Fsp3) is 0.562. The molecule has 1 aromatic rings. The van der Waals surface area contributed by atoms with E-state index in [1.165, 1.54) is 6.07 Å². The first-order chi connectivity index (χ1) is 9.37. The van der Waals surface area contributed by atoms with Crippen molar-refractivity contribution in [3.05, 3.63) is 35.6 Å². The van der Waals surface area contributed by atoms with E-state index in [1.54, 1.807) is 12.1 Å². The minimum absolute atomic E-state index is 0.0609. The van der Waals surface area contributed by atoms with E-state index < -0.39 is 5.54 Å². The zero-order valence-corrected chi connectivity index (χ0v) is 12.2. The van der Waals surface area contributed by atoms with Crippen LogP contribution < -0.4 is 5.73 Å². The quantitative estimate of drug-likeness (QED) is 0.857. The van der Waals surface area contributed by atoms with Gasteiger partial charge in [0.05, 0.1) is 12.7 Å². The number of rotatable bonds is 1. The lowest BCUT2D eigenvalue weighted by Gasteiger charge is -2.42. The van der Waals surface area contributed by atoms with Crippen LogP contribution in [0.15, 0.2) is 29.3 Å². The molecule has 0 aliphatic carbocycles. The summed E-state index contributed by atoms with van der Waals surface area (Å²) in [5.41, 5.74) is 5.94. The van der Waals surface area contributed by atoms with Crippen molar-refractivity contribution in [2.75, 3.05) is 6.61 Å². The number of nitrogens with two attached hydrogens (primary N) is 1. The Morgan fingerprint density at radius 2 is 2.05 bits per heavy atom. The van der Waals surface area contributed by atoms with Gasteiger partial charge in [0.2, 0.25) is 0 Å². The highest BCUT2D eigenvalue weighted by Crippen LogP contribution is 2.51. The molecule has 0 aromatic heterocycles. The van der Waals surface area contributed by atoms with Crippen LogP contribution in [0, 0.1) is 17.2 Å². The summed E-state index contributed by atoms with van der Waals surface area (Å²) in [4.78, 5) is 4.74. The van der Waals surface area contributed by atoms with E-state index in [-0.39, 0.29) is 23.3 Å². The maximum Gasteiger partial charge on any atom is 0.128 e. The van der Waals surface area contributed by atoms with Gasteiger partial charge in [0.15, 0.2) is 0 Å². The molecule has 2 N–H and O–H groups in total. The minimum atomic E-state index is -0.662. The van der Waals surface area contributed by atoms with Gasteiger partial charge in [-0.1, -0.05) is 32.0 Å². The molecular formula is C16H21FN2O. The van der Waals surface area contributed by atoms with Gasteiger partial charge in [-0.05, 0) is 19.4 Å². The van der Waals surface area contributed by atoms with Crippen molar-refractivity contribution in [3.63, 3.8) is 0 Å². The van der Waals surface area contributed by atoms with Crippen LogP contribution in [0.3, 0.4) is 0 Å². The third-order valence-corrected chi connectivity index (χ3v) is 4.83. The first-order valence-corrected chi connectivity index (χ1v) is 7.09.